The number of Topliss-reactive ketones (excluding diaryl/α,β-unsaturated/α-hetero) is 1. The molecule has 0 aromatic heterocycles. The fraction of sp³-hybridized carbons (Fsp3) is 0.765. The van der Waals surface area contributed by atoms with Crippen molar-refractivity contribution in [1.82, 2.24) is 10.6 Å². The number of carbonyl (C=O) groups excluding carboxylic acids is 4. The van der Waals surface area contributed by atoms with Gasteiger partial charge in [0.25, 0.3) is 0 Å². The van der Waals surface area contributed by atoms with Gasteiger partial charge in [0.05, 0.1) is 12.0 Å². The first-order valence-corrected chi connectivity index (χ1v) is 8.09. The Balaban J connectivity index is 2.97. The van der Waals surface area contributed by atoms with Crippen molar-refractivity contribution in [2.24, 2.45) is 17.3 Å². The number of nitrogens with one attached hydrogen (secondary N) is 2. The van der Waals surface area contributed by atoms with Gasteiger partial charge in [-0.05, 0) is 32.6 Å². The Morgan fingerprint density at radius 2 is 1.67 bits per heavy atom. The van der Waals surface area contributed by atoms with Crippen LogP contribution in [0.4, 0.5) is 4.79 Å². The second kappa shape index (κ2) is 6.91. The number of ketones is 1. The van der Waals surface area contributed by atoms with E-state index in [9.17, 15) is 19.2 Å². The van der Waals surface area contributed by atoms with Crippen LogP contribution in [0.3, 0.4) is 0 Å². The Hall–Kier alpha value is -1.92. The van der Waals surface area contributed by atoms with Gasteiger partial charge < -0.3 is 10.1 Å². The lowest BCUT2D eigenvalue weighted by atomic mass is 9.81. The normalized spacial score (nSPS) is 22.8. The molecule has 3 atom stereocenters. The molecule has 1 saturated heterocycles. The van der Waals surface area contributed by atoms with Crippen LogP contribution < -0.4 is 10.6 Å². The zero-order valence-corrected chi connectivity index (χ0v) is 15.5. The van der Waals surface area contributed by atoms with Crippen LogP contribution in [0.25, 0.3) is 0 Å². The summed E-state index contributed by atoms with van der Waals surface area (Å²) < 4.78 is 5.20. The third kappa shape index (κ3) is 5.62. The van der Waals surface area contributed by atoms with Crippen LogP contribution in [0, 0.1) is 17.3 Å². The third-order valence-electron chi connectivity index (χ3n) is 3.60. The lowest BCUT2D eigenvalue weighted by Gasteiger charge is -2.29. The van der Waals surface area contributed by atoms with Crippen LogP contribution in [0.5, 0.6) is 0 Å². The molecular formula is C17H28N2O5. The highest BCUT2D eigenvalue weighted by Crippen LogP contribution is 2.27. The summed E-state index contributed by atoms with van der Waals surface area (Å²) in [4.78, 5) is 48.4. The van der Waals surface area contributed by atoms with Gasteiger partial charge in [0.2, 0.25) is 11.8 Å². The summed E-state index contributed by atoms with van der Waals surface area (Å²) in [6.45, 7) is 12.5. The molecule has 7 heteroatoms. The molecule has 7 nitrogen and oxygen atoms in total. The van der Waals surface area contributed by atoms with Gasteiger partial charge in [0.1, 0.15) is 11.5 Å². The Bertz CT molecular complexity index is 542. The summed E-state index contributed by atoms with van der Waals surface area (Å²) in [7, 11) is 0. The standard InChI is InChI=1S/C17H28N2O5/c1-9-11(14(22)19-13(9)21)12(20)10(8-16(2,3)4)18-15(23)24-17(5,6)7/h9-11H,8H2,1-7H3,(H,18,23)(H,19,21,22)/t9-,10?,11+/m0/s1. The number of imide groups is 1. The zero-order valence-electron chi connectivity index (χ0n) is 15.5. The van der Waals surface area contributed by atoms with Crippen LogP contribution in [0.15, 0.2) is 0 Å². The molecule has 0 spiro atoms. The number of hydrogen-bond donors (Lipinski definition) is 2. The molecule has 0 bridgehead atoms. The molecule has 1 heterocycles. The molecular weight excluding hydrogens is 312 g/mol. The summed E-state index contributed by atoms with van der Waals surface area (Å²) >= 11 is 0. The van der Waals surface area contributed by atoms with Crippen molar-refractivity contribution in [1.29, 1.82) is 0 Å². The molecule has 0 radical (unpaired) electrons. The molecule has 2 N–H and O–H groups in total. The number of alkyl carbamates (subject to hydrolysis) is 1. The van der Waals surface area contributed by atoms with Gasteiger partial charge in [0.15, 0.2) is 5.78 Å². The lowest BCUT2D eigenvalue weighted by Crippen LogP contribution is -2.49. The molecule has 0 saturated carbocycles. The SMILES string of the molecule is C[C@@H]1C(=O)NC(=O)[C@H]1C(=O)C(CC(C)(C)C)NC(=O)OC(C)(C)C. The molecule has 1 aliphatic heterocycles. The molecule has 136 valence electrons. The summed E-state index contributed by atoms with van der Waals surface area (Å²) in [6.07, 6.45) is -0.391. The van der Waals surface area contributed by atoms with Crippen molar-refractivity contribution in [3.05, 3.63) is 0 Å². The molecule has 1 fully saturated rings. The monoisotopic (exact) mass is 340 g/mol. The van der Waals surface area contributed by atoms with E-state index < -0.39 is 47.2 Å². The van der Waals surface area contributed by atoms with E-state index >= 15 is 0 Å². The predicted molar refractivity (Wildman–Crippen MR) is 88.0 cm³/mol. The second-order valence-electron chi connectivity index (χ2n) is 8.49. The van der Waals surface area contributed by atoms with Crippen molar-refractivity contribution in [3.63, 3.8) is 0 Å². The van der Waals surface area contributed by atoms with Crippen LogP contribution >= 0.6 is 0 Å². The molecule has 0 aliphatic carbocycles. The first kappa shape index (κ1) is 20.1. The highest BCUT2D eigenvalue weighted by Gasteiger charge is 2.46. The number of carbonyl (C=O) groups is 4. The van der Waals surface area contributed by atoms with Gasteiger partial charge in [-0.1, -0.05) is 27.7 Å². The quantitative estimate of drug-likeness (QED) is 0.600. The van der Waals surface area contributed by atoms with E-state index in [1.165, 1.54) is 6.92 Å². The minimum absolute atomic E-state index is 0.266. The van der Waals surface area contributed by atoms with Gasteiger partial charge in [-0.15, -0.1) is 0 Å². The van der Waals surface area contributed by atoms with E-state index in [0.717, 1.165) is 0 Å². The number of ether oxygens (including phenoxy) is 1. The predicted octanol–water partition coefficient (Wildman–Crippen LogP) is 1.79. The zero-order chi connectivity index (χ0) is 18.9. The van der Waals surface area contributed by atoms with Gasteiger partial charge in [0, 0.05) is 0 Å². The molecule has 0 aromatic rings. The first-order chi connectivity index (χ1) is 10.7. The molecule has 1 rings (SSSR count). The maximum Gasteiger partial charge on any atom is 0.408 e. The largest absolute Gasteiger partial charge is 0.444 e. The molecule has 1 aliphatic rings. The van der Waals surface area contributed by atoms with Crippen molar-refractivity contribution >= 4 is 23.7 Å². The Kier molecular flexibility index (Phi) is 5.79. The Morgan fingerprint density at radius 3 is 2.04 bits per heavy atom. The average molecular weight is 340 g/mol. The van der Waals surface area contributed by atoms with Gasteiger partial charge >= 0.3 is 6.09 Å². The Labute approximate surface area is 142 Å². The minimum atomic E-state index is -1.08. The fourth-order valence-corrected chi connectivity index (χ4v) is 2.57. The van der Waals surface area contributed by atoms with Crippen LogP contribution in [-0.2, 0) is 19.1 Å². The summed E-state index contributed by atoms with van der Waals surface area (Å²) in [6, 6.07) is -0.899. The van der Waals surface area contributed by atoms with Crippen molar-refractivity contribution in [2.45, 2.75) is 66.5 Å². The number of rotatable bonds is 4. The fourth-order valence-electron chi connectivity index (χ4n) is 2.57. The van der Waals surface area contributed by atoms with E-state index in [2.05, 4.69) is 10.6 Å². The topological polar surface area (TPSA) is 102 Å². The Morgan fingerprint density at radius 1 is 1.12 bits per heavy atom. The van der Waals surface area contributed by atoms with Gasteiger partial charge in [-0.3, -0.25) is 19.7 Å². The van der Waals surface area contributed by atoms with Crippen molar-refractivity contribution in [2.75, 3.05) is 0 Å². The first-order valence-electron chi connectivity index (χ1n) is 8.09. The summed E-state index contributed by atoms with van der Waals surface area (Å²) in [5, 5.41) is 4.72. The van der Waals surface area contributed by atoms with E-state index in [1.54, 1.807) is 20.8 Å². The van der Waals surface area contributed by atoms with E-state index in [-0.39, 0.29) is 5.41 Å². The van der Waals surface area contributed by atoms with Crippen LogP contribution in [0.2, 0.25) is 0 Å². The third-order valence-corrected chi connectivity index (χ3v) is 3.60. The van der Waals surface area contributed by atoms with Crippen LogP contribution in [0.1, 0.15) is 54.9 Å². The molecule has 24 heavy (non-hydrogen) atoms. The smallest absolute Gasteiger partial charge is 0.408 e. The maximum absolute atomic E-state index is 12.8. The van der Waals surface area contributed by atoms with E-state index in [1.807, 2.05) is 20.8 Å². The van der Waals surface area contributed by atoms with Gasteiger partial charge in [-0.2, -0.15) is 0 Å². The summed E-state index contributed by atoms with van der Waals surface area (Å²) in [5.74, 6) is -3.37. The minimum Gasteiger partial charge on any atom is -0.444 e. The van der Waals surface area contributed by atoms with Crippen molar-refractivity contribution in [3.8, 4) is 0 Å². The van der Waals surface area contributed by atoms with Crippen LogP contribution in [-0.4, -0.2) is 35.3 Å². The maximum atomic E-state index is 12.8. The van der Waals surface area contributed by atoms with Crippen molar-refractivity contribution < 1.29 is 23.9 Å². The molecule has 0 aromatic carbocycles. The lowest BCUT2D eigenvalue weighted by molar-refractivity contribution is -0.134. The average Bonchev–Trinajstić information content (AvgIpc) is 2.57. The molecule has 3 amide bonds. The van der Waals surface area contributed by atoms with E-state index in [4.69, 9.17) is 4.74 Å². The van der Waals surface area contributed by atoms with E-state index in [0.29, 0.717) is 6.42 Å². The number of amides is 3. The highest BCUT2D eigenvalue weighted by molar-refractivity contribution is 6.16. The number of hydrogen-bond acceptors (Lipinski definition) is 5. The second-order valence-corrected chi connectivity index (χ2v) is 8.49. The highest BCUT2D eigenvalue weighted by atomic mass is 16.6. The summed E-state index contributed by atoms with van der Waals surface area (Å²) in [5.41, 5.74) is -0.967. The molecule has 1 unspecified atom stereocenters. The van der Waals surface area contributed by atoms with Gasteiger partial charge in [-0.25, -0.2) is 4.79 Å².